The van der Waals surface area contributed by atoms with Gasteiger partial charge in [-0.1, -0.05) is 12.1 Å². The molecule has 1 aromatic rings. The first-order chi connectivity index (χ1) is 7.25. The average molecular weight is 268 g/mol. The molecule has 0 saturated heterocycles. The number of halogens is 1. The molecular weight excluding hydrogens is 258 g/mol. The molecule has 4 nitrogen and oxygen atoms in total. The van der Waals surface area contributed by atoms with Gasteiger partial charge in [-0.2, -0.15) is 0 Å². The van der Waals surface area contributed by atoms with Gasteiger partial charge in [0.15, 0.2) is 6.23 Å². The molecule has 0 aliphatic carbocycles. The third-order valence-electron chi connectivity index (χ3n) is 1.94. The van der Waals surface area contributed by atoms with E-state index in [4.69, 9.17) is 10.5 Å². The van der Waals surface area contributed by atoms with Crippen LogP contribution in [0, 0.1) is 0 Å². The summed E-state index contributed by atoms with van der Waals surface area (Å²) in [5.41, 5.74) is 5.58. The fourth-order valence-corrected chi connectivity index (χ4v) is 1.60. The number of nitrogens with zero attached hydrogens (tertiary/aromatic N) is 2. The van der Waals surface area contributed by atoms with Crippen LogP contribution in [-0.2, 0) is 0 Å². The molecule has 0 bridgehead atoms. The molecule has 1 aromatic carbocycles. The van der Waals surface area contributed by atoms with Gasteiger partial charge >= 0.3 is 0 Å². The second-order valence-corrected chi connectivity index (χ2v) is 3.95. The lowest BCUT2D eigenvalue weighted by molar-refractivity contribution is 0.217. The molecule has 2 rings (SSSR count). The number of rotatable bonds is 2. The van der Waals surface area contributed by atoms with Gasteiger partial charge in [0, 0.05) is 0 Å². The first-order valence-corrected chi connectivity index (χ1v) is 5.30. The van der Waals surface area contributed by atoms with Crippen LogP contribution in [0.1, 0.15) is 6.42 Å². The van der Waals surface area contributed by atoms with Gasteiger partial charge < -0.3 is 10.5 Å². The lowest BCUT2D eigenvalue weighted by atomic mass is 10.3. The minimum absolute atomic E-state index is 0.277. The van der Waals surface area contributed by atoms with E-state index >= 15 is 0 Å². The number of hydrogen-bond acceptors (Lipinski definition) is 4. The minimum Gasteiger partial charge on any atom is -0.467 e. The maximum absolute atomic E-state index is 5.65. The van der Waals surface area contributed by atoms with Crippen molar-refractivity contribution in [3.05, 3.63) is 28.7 Å². The summed E-state index contributed by atoms with van der Waals surface area (Å²) in [4.78, 5) is 7.94. The van der Waals surface area contributed by atoms with Crippen LogP contribution in [0.5, 0.6) is 5.75 Å². The molecule has 1 atom stereocenters. The molecule has 2 N–H and O–H groups in total. The SMILES string of the molecule is NC1=NC=NC(Oc2ccccc2Br)C1. The maximum Gasteiger partial charge on any atom is 0.198 e. The Balaban J connectivity index is 2.07. The Hall–Kier alpha value is -1.36. The normalized spacial score (nSPS) is 19.8. The molecule has 0 amide bonds. The van der Waals surface area contributed by atoms with Gasteiger partial charge in [0.25, 0.3) is 0 Å². The number of nitrogens with two attached hydrogens (primary N) is 1. The molecule has 1 aliphatic heterocycles. The molecule has 5 heteroatoms. The molecule has 15 heavy (non-hydrogen) atoms. The van der Waals surface area contributed by atoms with E-state index in [1.807, 2.05) is 24.3 Å². The Morgan fingerprint density at radius 3 is 2.93 bits per heavy atom. The van der Waals surface area contributed by atoms with E-state index in [0.29, 0.717) is 12.3 Å². The van der Waals surface area contributed by atoms with Crippen molar-refractivity contribution in [2.75, 3.05) is 0 Å². The summed E-state index contributed by atoms with van der Waals surface area (Å²) in [7, 11) is 0. The van der Waals surface area contributed by atoms with Crippen LogP contribution >= 0.6 is 15.9 Å². The topological polar surface area (TPSA) is 60.0 Å². The Morgan fingerprint density at radius 1 is 1.40 bits per heavy atom. The standard InChI is InChI=1S/C10H10BrN3O/c11-7-3-1-2-4-8(7)15-10-5-9(12)13-6-14-10/h1-4,6,10H,5H2,(H2,12,13,14). The summed E-state index contributed by atoms with van der Waals surface area (Å²) in [6, 6.07) is 7.63. The van der Waals surface area contributed by atoms with Crippen molar-refractivity contribution in [2.45, 2.75) is 12.6 Å². The van der Waals surface area contributed by atoms with E-state index in [1.54, 1.807) is 0 Å². The van der Waals surface area contributed by atoms with Crippen LogP contribution in [0.25, 0.3) is 0 Å². The zero-order valence-electron chi connectivity index (χ0n) is 7.93. The van der Waals surface area contributed by atoms with Crippen molar-refractivity contribution in [1.82, 2.24) is 0 Å². The highest BCUT2D eigenvalue weighted by atomic mass is 79.9. The Labute approximate surface area is 96.0 Å². The number of para-hydroxylation sites is 1. The highest BCUT2D eigenvalue weighted by Gasteiger charge is 2.14. The van der Waals surface area contributed by atoms with Crippen LogP contribution in [0.3, 0.4) is 0 Å². The molecule has 0 fully saturated rings. The first kappa shape index (κ1) is 10.2. The quantitative estimate of drug-likeness (QED) is 0.891. The number of hydrogen-bond donors (Lipinski definition) is 1. The Bertz CT molecular complexity index is 417. The molecular formula is C10H10BrN3O. The molecule has 0 spiro atoms. The van der Waals surface area contributed by atoms with Crippen molar-refractivity contribution >= 4 is 28.1 Å². The number of benzene rings is 1. The van der Waals surface area contributed by atoms with Crippen molar-refractivity contribution in [2.24, 2.45) is 15.7 Å². The molecule has 1 unspecified atom stereocenters. The zero-order chi connectivity index (χ0) is 10.7. The smallest absolute Gasteiger partial charge is 0.198 e. The van der Waals surface area contributed by atoms with E-state index in [2.05, 4.69) is 25.9 Å². The van der Waals surface area contributed by atoms with Crippen molar-refractivity contribution in [3.63, 3.8) is 0 Å². The maximum atomic E-state index is 5.65. The number of ether oxygens (including phenoxy) is 1. The van der Waals surface area contributed by atoms with Gasteiger partial charge in [0.05, 0.1) is 10.9 Å². The average Bonchev–Trinajstić information content (AvgIpc) is 2.22. The highest BCUT2D eigenvalue weighted by molar-refractivity contribution is 9.10. The minimum atomic E-state index is -0.277. The summed E-state index contributed by atoms with van der Waals surface area (Å²) in [5.74, 6) is 1.30. The monoisotopic (exact) mass is 267 g/mol. The molecule has 1 aliphatic rings. The number of amidine groups is 1. The van der Waals surface area contributed by atoms with Gasteiger partial charge in [-0.05, 0) is 28.1 Å². The van der Waals surface area contributed by atoms with Gasteiger partial charge in [0.2, 0.25) is 0 Å². The second kappa shape index (κ2) is 4.44. The van der Waals surface area contributed by atoms with Crippen LogP contribution in [-0.4, -0.2) is 18.4 Å². The van der Waals surface area contributed by atoms with Gasteiger partial charge in [0.1, 0.15) is 17.9 Å². The van der Waals surface area contributed by atoms with Crippen molar-refractivity contribution < 1.29 is 4.74 Å². The zero-order valence-corrected chi connectivity index (χ0v) is 9.52. The number of aliphatic imine (C=N–C) groups is 2. The summed E-state index contributed by atoms with van der Waals surface area (Å²) in [6.45, 7) is 0. The lowest BCUT2D eigenvalue weighted by Gasteiger charge is -2.17. The summed E-state index contributed by atoms with van der Waals surface area (Å²) in [6.07, 6.45) is 1.68. The van der Waals surface area contributed by atoms with Crippen LogP contribution in [0.2, 0.25) is 0 Å². The van der Waals surface area contributed by atoms with E-state index in [-0.39, 0.29) is 6.23 Å². The molecule has 0 radical (unpaired) electrons. The summed E-state index contributed by atoms with van der Waals surface area (Å²) in [5, 5.41) is 0. The highest BCUT2D eigenvalue weighted by Crippen LogP contribution is 2.25. The first-order valence-electron chi connectivity index (χ1n) is 4.50. The largest absolute Gasteiger partial charge is 0.467 e. The Kier molecular flexibility index (Phi) is 3.01. The predicted octanol–water partition coefficient (Wildman–Crippen LogP) is 1.94. The third-order valence-corrected chi connectivity index (χ3v) is 2.60. The molecule has 0 saturated carbocycles. The Morgan fingerprint density at radius 2 is 2.20 bits per heavy atom. The van der Waals surface area contributed by atoms with Crippen LogP contribution in [0.4, 0.5) is 0 Å². The summed E-state index contributed by atoms with van der Waals surface area (Å²) >= 11 is 3.40. The lowest BCUT2D eigenvalue weighted by Crippen LogP contribution is -2.26. The van der Waals surface area contributed by atoms with Crippen LogP contribution in [0.15, 0.2) is 38.7 Å². The van der Waals surface area contributed by atoms with Crippen molar-refractivity contribution in [3.8, 4) is 5.75 Å². The van der Waals surface area contributed by atoms with Gasteiger partial charge in [-0.3, -0.25) is 0 Å². The molecule has 78 valence electrons. The van der Waals surface area contributed by atoms with Gasteiger partial charge in [-0.25, -0.2) is 9.98 Å². The van der Waals surface area contributed by atoms with E-state index in [9.17, 15) is 0 Å². The molecule has 1 heterocycles. The molecule has 0 aromatic heterocycles. The third kappa shape index (κ3) is 2.56. The van der Waals surface area contributed by atoms with Crippen LogP contribution < -0.4 is 10.5 Å². The summed E-state index contributed by atoms with van der Waals surface area (Å²) < 4.78 is 6.55. The second-order valence-electron chi connectivity index (χ2n) is 3.09. The van der Waals surface area contributed by atoms with E-state index < -0.39 is 0 Å². The fourth-order valence-electron chi connectivity index (χ4n) is 1.23. The fraction of sp³-hybridized carbons (Fsp3) is 0.200. The van der Waals surface area contributed by atoms with Crippen molar-refractivity contribution in [1.29, 1.82) is 0 Å². The van der Waals surface area contributed by atoms with E-state index in [0.717, 1.165) is 10.2 Å². The van der Waals surface area contributed by atoms with E-state index in [1.165, 1.54) is 6.34 Å². The predicted molar refractivity (Wildman–Crippen MR) is 63.3 cm³/mol. The van der Waals surface area contributed by atoms with Gasteiger partial charge in [-0.15, -0.1) is 0 Å².